The van der Waals surface area contributed by atoms with Crippen molar-refractivity contribution < 1.29 is 0 Å². The van der Waals surface area contributed by atoms with Crippen LogP contribution in [0, 0.1) is 0 Å². The van der Waals surface area contributed by atoms with Gasteiger partial charge in [0.1, 0.15) is 0 Å². The standard InChI is InChI=1S/C24H37N/c1-4-6-7-8-11-19-25-21(3)17-18-24(25)16-10-9-13-23-15-12-14-22(5-2)20-23/h10,12,14-16,20,24H,3-9,11,13,17-19H2,1-2H3/b16-10+. The van der Waals surface area contributed by atoms with Crippen molar-refractivity contribution >= 4 is 0 Å². The van der Waals surface area contributed by atoms with E-state index in [0.29, 0.717) is 6.04 Å². The topological polar surface area (TPSA) is 3.24 Å². The molecule has 0 bridgehead atoms. The summed E-state index contributed by atoms with van der Waals surface area (Å²) in [5.74, 6) is 0. The van der Waals surface area contributed by atoms with Crippen molar-refractivity contribution in [1.29, 1.82) is 0 Å². The van der Waals surface area contributed by atoms with Crippen molar-refractivity contribution in [2.24, 2.45) is 0 Å². The molecule has 0 aliphatic carbocycles. The molecule has 1 fully saturated rings. The molecule has 0 saturated carbocycles. The number of rotatable bonds is 11. The third-order valence-corrected chi connectivity index (χ3v) is 5.40. The highest BCUT2D eigenvalue weighted by atomic mass is 15.2. The molecule has 1 aliphatic heterocycles. The molecular formula is C24H37N. The molecule has 138 valence electrons. The lowest BCUT2D eigenvalue weighted by Gasteiger charge is -2.25. The molecule has 1 nitrogen and oxygen atoms in total. The Morgan fingerprint density at radius 3 is 2.72 bits per heavy atom. The predicted molar refractivity (Wildman–Crippen MR) is 111 cm³/mol. The van der Waals surface area contributed by atoms with Gasteiger partial charge in [0.2, 0.25) is 0 Å². The van der Waals surface area contributed by atoms with Gasteiger partial charge >= 0.3 is 0 Å². The van der Waals surface area contributed by atoms with Crippen LogP contribution in [-0.4, -0.2) is 17.5 Å². The minimum absolute atomic E-state index is 0.584. The average molecular weight is 340 g/mol. The molecule has 1 aromatic rings. The van der Waals surface area contributed by atoms with Gasteiger partial charge in [-0.15, -0.1) is 0 Å². The van der Waals surface area contributed by atoms with Crippen molar-refractivity contribution in [1.82, 2.24) is 4.90 Å². The molecule has 1 heteroatoms. The van der Waals surface area contributed by atoms with Crippen molar-refractivity contribution in [3.8, 4) is 0 Å². The van der Waals surface area contributed by atoms with Gasteiger partial charge in [0.25, 0.3) is 0 Å². The first-order chi connectivity index (χ1) is 12.2. The van der Waals surface area contributed by atoms with Crippen LogP contribution >= 0.6 is 0 Å². The monoisotopic (exact) mass is 339 g/mol. The fourth-order valence-electron chi connectivity index (χ4n) is 3.77. The van der Waals surface area contributed by atoms with Gasteiger partial charge in [-0.25, -0.2) is 0 Å². The summed E-state index contributed by atoms with van der Waals surface area (Å²) >= 11 is 0. The zero-order valence-corrected chi connectivity index (χ0v) is 16.5. The van der Waals surface area contributed by atoms with Crippen LogP contribution in [0.4, 0.5) is 0 Å². The zero-order valence-electron chi connectivity index (χ0n) is 16.5. The van der Waals surface area contributed by atoms with Gasteiger partial charge in [-0.05, 0) is 49.7 Å². The molecule has 1 atom stereocenters. The molecule has 1 aromatic carbocycles. The van der Waals surface area contributed by atoms with E-state index in [0.717, 1.165) is 19.3 Å². The van der Waals surface area contributed by atoms with Crippen LogP contribution < -0.4 is 0 Å². The first kappa shape index (κ1) is 19.8. The van der Waals surface area contributed by atoms with Crippen molar-refractivity contribution in [3.05, 3.63) is 59.8 Å². The number of hydrogen-bond donors (Lipinski definition) is 0. The number of nitrogens with zero attached hydrogens (tertiary/aromatic N) is 1. The third kappa shape index (κ3) is 6.72. The highest BCUT2D eigenvalue weighted by Crippen LogP contribution is 2.27. The second kappa shape index (κ2) is 11.2. The largest absolute Gasteiger partial charge is 0.369 e. The lowest BCUT2D eigenvalue weighted by Crippen LogP contribution is -2.27. The van der Waals surface area contributed by atoms with Crippen molar-refractivity contribution in [2.75, 3.05) is 6.54 Å². The van der Waals surface area contributed by atoms with Crippen molar-refractivity contribution in [3.63, 3.8) is 0 Å². The molecule has 0 N–H and O–H groups in total. The maximum absolute atomic E-state index is 4.29. The molecule has 1 saturated heterocycles. The highest BCUT2D eigenvalue weighted by Gasteiger charge is 2.23. The number of hydrogen-bond acceptors (Lipinski definition) is 1. The molecule has 0 spiro atoms. The SMILES string of the molecule is C=C1CCC(/C=C/CCc2cccc(CC)c2)N1CCCCCCC. The molecular weight excluding hydrogens is 302 g/mol. The third-order valence-electron chi connectivity index (χ3n) is 5.40. The number of allylic oxidation sites excluding steroid dienone is 2. The molecule has 0 amide bonds. The van der Waals surface area contributed by atoms with E-state index in [1.807, 2.05) is 0 Å². The Kier molecular flexibility index (Phi) is 8.86. The van der Waals surface area contributed by atoms with Crippen LogP contribution in [0.25, 0.3) is 0 Å². The summed E-state index contributed by atoms with van der Waals surface area (Å²) in [6.45, 7) is 9.98. The van der Waals surface area contributed by atoms with E-state index < -0.39 is 0 Å². The summed E-state index contributed by atoms with van der Waals surface area (Å²) in [5.41, 5.74) is 4.26. The van der Waals surface area contributed by atoms with Gasteiger partial charge in [-0.2, -0.15) is 0 Å². The van der Waals surface area contributed by atoms with E-state index in [2.05, 4.69) is 61.7 Å². The van der Waals surface area contributed by atoms with Gasteiger partial charge in [-0.3, -0.25) is 0 Å². The Morgan fingerprint density at radius 1 is 1.12 bits per heavy atom. The van der Waals surface area contributed by atoms with E-state index in [1.165, 1.54) is 68.3 Å². The smallest absolute Gasteiger partial charge is 0.0473 e. The van der Waals surface area contributed by atoms with Gasteiger partial charge in [0.15, 0.2) is 0 Å². The minimum atomic E-state index is 0.584. The number of unbranched alkanes of at least 4 members (excludes halogenated alkanes) is 4. The fourth-order valence-corrected chi connectivity index (χ4v) is 3.77. The first-order valence-electron chi connectivity index (χ1n) is 10.4. The molecule has 1 heterocycles. The summed E-state index contributed by atoms with van der Waals surface area (Å²) in [5, 5.41) is 0. The minimum Gasteiger partial charge on any atom is -0.369 e. The summed E-state index contributed by atoms with van der Waals surface area (Å²) in [6, 6.07) is 9.61. The summed E-state index contributed by atoms with van der Waals surface area (Å²) in [6.07, 6.45) is 17.4. The normalized spacial score (nSPS) is 17.8. The number of benzene rings is 1. The highest BCUT2D eigenvalue weighted by molar-refractivity contribution is 5.24. The van der Waals surface area contributed by atoms with E-state index in [-0.39, 0.29) is 0 Å². The van der Waals surface area contributed by atoms with E-state index in [1.54, 1.807) is 0 Å². The van der Waals surface area contributed by atoms with Crippen molar-refractivity contribution in [2.45, 2.75) is 84.1 Å². The quantitative estimate of drug-likeness (QED) is 0.321. The maximum atomic E-state index is 4.29. The maximum Gasteiger partial charge on any atom is 0.0473 e. The van der Waals surface area contributed by atoms with E-state index in [4.69, 9.17) is 0 Å². The molecule has 25 heavy (non-hydrogen) atoms. The Hall–Kier alpha value is -1.50. The molecule has 1 unspecified atom stereocenters. The van der Waals surface area contributed by atoms with Gasteiger partial charge < -0.3 is 4.90 Å². The van der Waals surface area contributed by atoms with Crippen LogP contribution in [0.1, 0.15) is 76.3 Å². The van der Waals surface area contributed by atoms with Gasteiger partial charge in [0.05, 0.1) is 0 Å². The lowest BCUT2D eigenvalue weighted by molar-refractivity contribution is 0.325. The molecule has 1 aliphatic rings. The molecule has 2 rings (SSSR count). The summed E-state index contributed by atoms with van der Waals surface area (Å²) < 4.78 is 0. The second-order valence-electron chi connectivity index (χ2n) is 7.42. The molecule has 0 radical (unpaired) electrons. The summed E-state index contributed by atoms with van der Waals surface area (Å²) in [4.78, 5) is 2.56. The Morgan fingerprint density at radius 2 is 1.92 bits per heavy atom. The number of likely N-dealkylation sites (tertiary alicyclic amines) is 1. The predicted octanol–water partition coefficient (Wildman–Crippen LogP) is 6.69. The molecule has 0 aromatic heterocycles. The average Bonchev–Trinajstić information content (AvgIpc) is 2.99. The Bertz CT molecular complexity index is 543. The van der Waals surface area contributed by atoms with Gasteiger partial charge in [0, 0.05) is 18.3 Å². The van der Waals surface area contributed by atoms with Crippen LogP contribution in [0.5, 0.6) is 0 Å². The van der Waals surface area contributed by atoms with Crippen LogP contribution in [0.15, 0.2) is 48.7 Å². The van der Waals surface area contributed by atoms with Crippen LogP contribution in [-0.2, 0) is 12.8 Å². The first-order valence-corrected chi connectivity index (χ1v) is 10.4. The number of aryl methyl sites for hydroxylation is 2. The lowest BCUT2D eigenvalue weighted by atomic mass is 10.0. The zero-order chi connectivity index (χ0) is 17.9. The Balaban J connectivity index is 1.75. The van der Waals surface area contributed by atoms with E-state index >= 15 is 0 Å². The fraction of sp³-hybridized carbons (Fsp3) is 0.583. The van der Waals surface area contributed by atoms with Crippen LogP contribution in [0.3, 0.4) is 0 Å². The summed E-state index contributed by atoms with van der Waals surface area (Å²) in [7, 11) is 0. The van der Waals surface area contributed by atoms with E-state index in [9.17, 15) is 0 Å². The Labute approximate surface area is 155 Å². The second-order valence-corrected chi connectivity index (χ2v) is 7.42. The van der Waals surface area contributed by atoms with Gasteiger partial charge in [-0.1, -0.05) is 82.5 Å². The van der Waals surface area contributed by atoms with Crippen LogP contribution in [0.2, 0.25) is 0 Å².